The van der Waals surface area contributed by atoms with Crippen LogP contribution >= 0.6 is 12.4 Å². The van der Waals surface area contributed by atoms with Crippen LogP contribution in [0.15, 0.2) is 30.3 Å². The minimum Gasteiger partial charge on any atom is -0.480 e. The van der Waals surface area contributed by atoms with E-state index in [2.05, 4.69) is 29.2 Å². The van der Waals surface area contributed by atoms with Crippen LogP contribution < -0.4 is 0 Å². The van der Waals surface area contributed by atoms with Gasteiger partial charge in [0, 0.05) is 12.6 Å². The smallest absolute Gasteiger partial charge is 0.317 e. The number of likely N-dealkylation sites (N-methyl/N-ethyl adjacent to an activating group) is 1. The van der Waals surface area contributed by atoms with Gasteiger partial charge in [0.15, 0.2) is 0 Å². The molecule has 1 aromatic rings. The van der Waals surface area contributed by atoms with E-state index in [1.54, 1.807) is 0 Å². The lowest BCUT2D eigenvalue weighted by molar-refractivity contribution is -0.138. The van der Waals surface area contributed by atoms with Crippen molar-refractivity contribution in [3.05, 3.63) is 35.9 Å². The van der Waals surface area contributed by atoms with Gasteiger partial charge in [-0.1, -0.05) is 30.3 Å². The molecular weight excluding hydrogens is 288 g/mol. The predicted octanol–water partition coefficient (Wildman–Crippen LogP) is 2.48. The molecule has 0 bridgehead atoms. The first-order valence-electron chi connectivity index (χ1n) is 7.33. The third kappa shape index (κ3) is 6.04. The van der Waals surface area contributed by atoms with E-state index in [0.29, 0.717) is 6.04 Å². The molecule has 0 radical (unpaired) electrons. The average molecular weight is 313 g/mol. The van der Waals surface area contributed by atoms with E-state index in [1.807, 2.05) is 18.0 Å². The lowest BCUT2D eigenvalue weighted by Crippen LogP contribution is -2.36. The molecule has 4 nitrogen and oxygen atoms in total. The molecule has 118 valence electrons. The Labute approximate surface area is 133 Å². The Kier molecular flexibility index (Phi) is 7.72. The number of carbonyl (C=O) groups is 1. The third-order valence-electron chi connectivity index (χ3n) is 4.05. The lowest BCUT2D eigenvalue weighted by Gasteiger charge is -2.25. The van der Waals surface area contributed by atoms with Gasteiger partial charge in [-0.2, -0.15) is 0 Å². The van der Waals surface area contributed by atoms with Crippen LogP contribution in [-0.4, -0.2) is 53.6 Å². The van der Waals surface area contributed by atoms with Crippen molar-refractivity contribution >= 4 is 18.4 Å². The first kappa shape index (κ1) is 18.0. The number of benzene rings is 1. The van der Waals surface area contributed by atoms with Gasteiger partial charge in [-0.15, -0.1) is 12.4 Å². The summed E-state index contributed by atoms with van der Waals surface area (Å²) in [5.74, 6) is -0.738. The topological polar surface area (TPSA) is 43.8 Å². The molecule has 0 spiro atoms. The number of nitrogens with zero attached hydrogens (tertiary/aromatic N) is 2. The van der Waals surface area contributed by atoms with Crippen molar-refractivity contribution in [2.45, 2.75) is 31.8 Å². The summed E-state index contributed by atoms with van der Waals surface area (Å²) in [6.07, 6.45) is 3.28. The van der Waals surface area contributed by atoms with Gasteiger partial charge in [0.2, 0.25) is 0 Å². The van der Waals surface area contributed by atoms with Crippen LogP contribution in [0.4, 0.5) is 0 Å². The zero-order chi connectivity index (χ0) is 14.4. The summed E-state index contributed by atoms with van der Waals surface area (Å²) in [7, 11) is 1.92. The SMILES string of the molecule is CN(CC(=O)O)C1CCCN(Cc2ccccc2)CC1.Cl. The van der Waals surface area contributed by atoms with Gasteiger partial charge < -0.3 is 5.11 Å². The molecular formula is C16H25ClN2O2. The lowest BCUT2D eigenvalue weighted by atomic mass is 10.1. The van der Waals surface area contributed by atoms with Gasteiger partial charge in [0.05, 0.1) is 6.54 Å². The molecule has 21 heavy (non-hydrogen) atoms. The second kappa shape index (κ2) is 9.03. The fraction of sp³-hybridized carbons (Fsp3) is 0.562. The Morgan fingerprint density at radius 1 is 1.29 bits per heavy atom. The molecule has 1 aliphatic heterocycles. The average Bonchev–Trinajstić information content (AvgIpc) is 2.65. The van der Waals surface area contributed by atoms with Crippen molar-refractivity contribution in [3.8, 4) is 0 Å². The minimum absolute atomic E-state index is 0. The monoisotopic (exact) mass is 312 g/mol. The number of halogens is 1. The number of aliphatic carboxylic acids is 1. The number of rotatable bonds is 5. The molecule has 0 aliphatic carbocycles. The van der Waals surface area contributed by atoms with Crippen molar-refractivity contribution < 1.29 is 9.90 Å². The summed E-state index contributed by atoms with van der Waals surface area (Å²) in [6, 6.07) is 10.9. The Morgan fingerprint density at radius 2 is 2.00 bits per heavy atom. The number of likely N-dealkylation sites (tertiary alicyclic amines) is 1. The van der Waals surface area contributed by atoms with E-state index in [9.17, 15) is 4.79 Å². The third-order valence-corrected chi connectivity index (χ3v) is 4.05. The zero-order valence-electron chi connectivity index (χ0n) is 12.6. The standard InChI is InChI=1S/C16H24N2O2.ClH/c1-17(13-16(19)20)15-8-5-10-18(11-9-15)12-14-6-3-2-4-7-14;/h2-4,6-7,15H,5,8-13H2,1H3,(H,19,20);1H. The van der Waals surface area contributed by atoms with Gasteiger partial charge in [0.1, 0.15) is 0 Å². The molecule has 0 saturated carbocycles. The largest absolute Gasteiger partial charge is 0.480 e. The molecule has 0 aromatic heterocycles. The van der Waals surface area contributed by atoms with E-state index < -0.39 is 5.97 Å². The molecule has 1 unspecified atom stereocenters. The van der Waals surface area contributed by atoms with Crippen molar-refractivity contribution in [3.63, 3.8) is 0 Å². The molecule has 1 aliphatic rings. The summed E-state index contributed by atoms with van der Waals surface area (Å²) >= 11 is 0. The Hall–Kier alpha value is -1.10. The highest BCUT2D eigenvalue weighted by Crippen LogP contribution is 2.17. The van der Waals surface area contributed by atoms with Crippen LogP contribution in [0.3, 0.4) is 0 Å². The van der Waals surface area contributed by atoms with Gasteiger partial charge in [-0.3, -0.25) is 14.6 Å². The number of hydrogen-bond donors (Lipinski definition) is 1. The van der Waals surface area contributed by atoms with Crippen LogP contribution in [0, 0.1) is 0 Å². The van der Waals surface area contributed by atoms with Crippen LogP contribution in [-0.2, 0) is 11.3 Å². The van der Waals surface area contributed by atoms with Crippen molar-refractivity contribution in [2.24, 2.45) is 0 Å². The molecule has 2 rings (SSSR count). The number of carboxylic acid groups (broad SMARTS) is 1. The van der Waals surface area contributed by atoms with Gasteiger partial charge in [-0.05, 0) is 45.0 Å². The fourth-order valence-corrected chi connectivity index (χ4v) is 2.92. The predicted molar refractivity (Wildman–Crippen MR) is 86.9 cm³/mol. The summed E-state index contributed by atoms with van der Waals surface area (Å²) in [6.45, 7) is 3.29. The summed E-state index contributed by atoms with van der Waals surface area (Å²) in [4.78, 5) is 15.2. The fourth-order valence-electron chi connectivity index (χ4n) is 2.92. The first-order valence-corrected chi connectivity index (χ1v) is 7.33. The van der Waals surface area contributed by atoms with Gasteiger partial charge in [0.25, 0.3) is 0 Å². The van der Waals surface area contributed by atoms with E-state index in [-0.39, 0.29) is 19.0 Å². The second-order valence-corrected chi connectivity index (χ2v) is 5.66. The zero-order valence-corrected chi connectivity index (χ0v) is 13.4. The van der Waals surface area contributed by atoms with Crippen molar-refractivity contribution in [1.82, 2.24) is 9.80 Å². The van der Waals surface area contributed by atoms with Crippen LogP contribution in [0.25, 0.3) is 0 Å². The Bertz CT molecular complexity index is 428. The van der Waals surface area contributed by atoms with Crippen LogP contribution in [0.5, 0.6) is 0 Å². The highest BCUT2D eigenvalue weighted by Gasteiger charge is 2.21. The van der Waals surface area contributed by atoms with E-state index in [1.165, 1.54) is 5.56 Å². The second-order valence-electron chi connectivity index (χ2n) is 5.66. The molecule has 1 saturated heterocycles. The van der Waals surface area contributed by atoms with Gasteiger partial charge >= 0.3 is 5.97 Å². The maximum atomic E-state index is 10.8. The summed E-state index contributed by atoms with van der Waals surface area (Å²) in [5, 5.41) is 8.88. The van der Waals surface area contributed by atoms with Crippen LogP contribution in [0.1, 0.15) is 24.8 Å². The molecule has 1 atom stereocenters. The highest BCUT2D eigenvalue weighted by atomic mass is 35.5. The molecule has 1 N–H and O–H groups in total. The minimum atomic E-state index is -0.738. The molecule has 1 fully saturated rings. The maximum Gasteiger partial charge on any atom is 0.317 e. The van der Waals surface area contributed by atoms with Crippen molar-refractivity contribution in [1.29, 1.82) is 0 Å². The highest BCUT2D eigenvalue weighted by molar-refractivity contribution is 5.85. The molecule has 5 heteroatoms. The number of carboxylic acids is 1. The molecule has 0 amide bonds. The number of hydrogen-bond acceptors (Lipinski definition) is 3. The van der Waals surface area contributed by atoms with E-state index >= 15 is 0 Å². The normalized spacial score (nSPS) is 19.8. The van der Waals surface area contributed by atoms with E-state index in [0.717, 1.165) is 38.9 Å². The summed E-state index contributed by atoms with van der Waals surface area (Å²) in [5.41, 5.74) is 1.35. The summed E-state index contributed by atoms with van der Waals surface area (Å²) < 4.78 is 0. The molecule has 1 aromatic carbocycles. The Morgan fingerprint density at radius 3 is 2.67 bits per heavy atom. The van der Waals surface area contributed by atoms with Crippen LogP contribution in [0.2, 0.25) is 0 Å². The quantitative estimate of drug-likeness (QED) is 0.907. The maximum absolute atomic E-state index is 10.8. The van der Waals surface area contributed by atoms with E-state index in [4.69, 9.17) is 5.11 Å². The molecule has 1 heterocycles. The van der Waals surface area contributed by atoms with Crippen molar-refractivity contribution in [2.75, 3.05) is 26.7 Å². The Balaban J connectivity index is 0.00000220. The van der Waals surface area contributed by atoms with Gasteiger partial charge in [-0.25, -0.2) is 0 Å². The first-order chi connectivity index (χ1) is 9.65.